The van der Waals surface area contributed by atoms with Crippen molar-refractivity contribution in [3.05, 3.63) is 64.7 Å². The van der Waals surface area contributed by atoms with Gasteiger partial charge in [-0.2, -0.15) is 0 Å². The number of hydrogen-bond donors (Lipinski definition) is 2. The van der Waals surface area contributed by atoms with E-state index in [2.05, 4.69) is 10.6 Å². The number of ether oxygens (including phenoxy) is 1. The monoisotopic (exact) mass is 344 g/mol. The highest BCUT2D eigenvalue weighted by molar-refractivity contribution is 6.32. The lowest BCUT2D eigenvalue weighted by Crippen LogP contribution is -2.40. The molecular weight excluding hydrogens is 328 g/mol. The third kappa shape index (κ3) is 3.68. The molecule has 0 spiro atoms. The van der Waals surface area contributed by atoms with E-state index in [0.29, 0.717) is 29.4 Å². The van der Waals surface area contributed by atoms with Crippen LogP contribution in [0.3, 0.4) is 0 Å². The van der Waals surface area contributed by atoms with Gasteiger partial charge < -0.3 is 15.4 Å². The average Bonchev–Trinajstić information content (AvgIpc) is 2.61. The number of fused-ring (bicyclic) bond motifs is 1. The first-order chi connectivity index (χ1) is 11.6. The quantitative estimate of drug-likeness (QED) is 0.896. The first-order valence-corrected chi connectivity index (χ1v) is 8.07. The van der Waals surface area contributed by atoms with Gasteiger partial charge in [0.2, 0.25) is 5.91 Å². The Morgan fingerprint density at radius 1 is 1.12 bits per heavy atom. The molecular formula is C18H17ClN2O3. The summed E-state index contributed by atoms with van der Waals surface area (Å²) in [6.45, 7) is 0.402. The molecule has 2 N–H and O–H groups in total. The normalized spacial score (nSPS) is 15.8. The minimum absolute atomic E-state index is 0.0824. The van der Waals surface area contributed by atoms with Crippen LogP contribution in [0.5, 0.6) is 5.75 Å². The van der Waals surface area contributed by atoms with Crippen molar-refractivity contribution >= 4 is 23.4 Å². The average molecular weight is 345 g/mol. The summed E-state index contributed by atoms with van der Waals surface area (Å²) < 4.78 is 5.57. The van der Waals surface area contributed by atoms with Crippen LogP contribution in [-0.4, -0.2) is 25.0 Å². The minimum Gasteiger partial charge on any atom is -0.492 e. The Labute approximate surface area is 145 Å². The Morgan fingerprint density at radius 3 is 2.71 bits per heavy atom. The fraction of sp³-hybridized carbons (Fsp3) is 0.222. The number of para-hydroxylation sites is 1. The second kappa shape index (κ2) is 7.36. The molecule has 0 saturated heterocycles. The molecule has 2 amide bonds. The molecule has 1 heterocycles. The van der Waals surface area contributed by atoms with Crippen LogP contribution < -0.4 is 15.4 Å². The highest BCUT2D eigenvalue weighted by atomic mass is 35.5. The molecule has 1 aliphatic rings. The van der Waals surface area contributed by atoms with Crippen LogP contribution in [-0.2, 0) is 4.79 Å². The van der Waals surface area contributed by atoms with E-state index < -0.39 is 0 Å². The van der Waals surface area contributed by atoms with E-state index in [9.17, 15) is 9.59 Å². The first-order valence-electron chi connectivity index (χ1n) is 7.69. The molecule has 1 atom stereocenters. The molecule has 0 bridgehead atoms. The number of carbonyl (C=O) groups excluding carboxylic acids is 2. The van der Waals surface area contributed by atoms with E-state index in [0.717, 1.165) is 5.56 Å². The molecule has 1 unspecified atom stereocenters. The van der Waals surface area contributed by atoms with Gasteiger partial charge in [-0.05, 0) is 18.2 Å². The number of halogens is 1. The van der Waals surface area contributed by atoms with Crippen LogP contribution in [0.1, 0.15) is 28.4 Å². The van der Waals surface area contributed by atoms with Crippen molar-refractivity contribution in [1.29, 1.82) is 0 Å². The smallest absolute Gasteiger partial charge is 0.251 e. The number of nitrogens with one attached hydrogen (secondary N) is 2. The summed E-state index contributed by atoms with van der Waals surface area (Å²) in [6, 6.07) is 14.1. The topological polar surface area (TPSA) is 67.4 Å². The van der Waals surface area contributed by atoms with E-state index in [1.54, 1.807) is 30.3 Å². The lowest BCUT2D eigenvalue weighted by Gasteiger charge is -2.27. The predicted octanol–water partition coefficient (Wildman–Crippen LogP) is 2.71. The molecule has 0 aliphatic carbocycles. The zero-order valence-corrected chi connectivity index (χ0v) is 13.7. The predicted molar refractivity (Wildman–Crippen MR) is 91.2 cm³/mol. The number of rotatable bonds is 4. The van der Waals surface area contributed by atoms with Crippen LogP contribution in [0.2, 0.25) is 5.02 Å². The summed E-state index contributed by atoms with van der Waals surface area (Å²) in [4.78, 5) is 24.1. The number of amides is 2. The second-order valence-electron chi connectivity index (χ2n) is 5.46. The van der Waals surface area contributed by atoms with Gasteiger partial charge in [0.25, 0.3) is 5.91 Å². The van der Waals surface area contributed by atoms with Crippen LogP contribution in [0.15, 0.2) is 48.5 Å². The highest BCUT2D eigenvalue weighted by Gasteiger charge is 2.24. The molecule has 3 rings (SSSR count). The molecule has 6 heteroatoms. The van der Waals surface area contributed by atoms with Gasteiger partial charge in [0.1, 0.15) is 5.75 Å². The maximum Gasteiger partial charge on any atom is 0.251 e. The lowest BCUT2D eigenvalue weighted by atomic mass is 10.0. The molecule has 0 radical (unpaired) electrons. The van der Waals surface area contributed by atoms with Gasteiger partial charge in [0, 0.05) is 17.5 Å². The zero-order chi connectivity index (χ0) is 16.9. The standard InChI is InChI=1S/C18H17ClN2O3/c19-14-8-4-7-13-15(9-10-24-17(13)14)21-16(22)11-20-18(23)12-5-2-1-3-6-12/h1-8,15H,9-11H2,(H,20,23)(H,21,22). The summed E-state index contributed by atoms with van der Waals surface area (Å²) in [5.74, 6) is 0.0855. The van der Waals surface area contributed by atoms with Crippen LogP contribution in [0.4, 0.5) is 0 Å². The van der Waals surface area contributed by atoms with E-state index in [1.807, 2.05) is 18.2 Å². The first kappa shape index (κ1) is 16.3. The van der Waals surface area contributed by atoms with E-state index in [4.69, 9.17) is 16.3 Å². The number of carbonyl (C=O) groups is 2. The maximum atomic E-state index is 12.1. The molecule has 2 aromatic carbocycles. The molecule has 0 fully saturated rings. The van der Waals surface area contributed by atoms with Crippen molar-refractivity contribution in [3.8, 4) is 5.75 Å². The Hall–Kier alpha value is -2.53. The van der Waals surface area contributed by atoms with Crippen molar-refractivity contribution < 1.29 is 14.3 Å². The van der Waals surface area contributed by atoms with Gasteiger partial charge in [-0.25, -0.2) is 0 Å². The van der Waals surface area contributed by atoms with Gasteiger partial charge >= 0.3 is 0 Å². The SMILES string of the molecule is O=C(CNC(=O)c1ccccc1)NC1CCOc2c(Cl)cccc21. The van der Waals surface area contributed by atoms with Gasteiger partial charge in [-0.3, -0.25) is 9.59 Å². The van der Waals surface area contributed by atoms with Gasteiger partial charge in [-0.15, -0.1) is 0 Å². The molecule has 0 saturated carbocycles. The Bertz CT molecular complexity index is 749. The summed E-state index contributed by atoms with van der Waals surface area (Å²) in [7, 11) is 0. The zero-order valence-electron chi connectivity index (χ0n) is 12.9. The lowest BCUT2D eigenvalue weighted by molar-refractivity contribution is -0.121. The molecule has 124 valence electrons. The van der Waals surface area contributed by atoms with Gasteiger partial charge in [0.05, 0.1) is 24.2 Å². The number of hydrogen-bond acceptors (Lipinski definition) is 3. The van der Waals surface area contributed by atoms with Crippen molar-refractivity contribution in [3.63, 3.8) is 0 Å². The summed E-state index contributed by atoms with van der Waals surface area (Å²) in [5, 5.41) is 6.06. The minimum atomic E-state index is -0.277. The third-order valence-electron chi connectivity index (χ3n) is 3.81. The molecule has 5 nitrogen and oxygen atoms in total. The summed E-state index contributed by atoms with van der Waals surface area (Å²) in [5.41, 5.74) is 1.38. The summed E-state index contributed by atoms with van der Waals surface area (Å²) >= 11 is 6.12. The molecule has 24 heavy (non-hydrogen) atoms. The Balaban J connectivity index is 1.59. The van der Waals surface area contributed by atoms with Crippen LogP contribution in [0.25, 0.3) is 0 Å². The van der Waals surface area contributed by atoms with E-state index >= 15 is 0 Å². The fourth-order valence-electron chi connectivity index (χ4n) is 2.63. The van der Waals surface area contributed by atoms with Crippen LogP contribution >= 0.6 is 11.6 Å². The van der Waals surface area contributed by atoms with Crippen molar-refractivity contribution in [2.75, 3.05) is 13.2 Å². The van der Waals surface area contributed by atoms with Crippen molar-refractivity contribution in [1.82, 2.24) is 10.6 Å². The Morgan fingerprint density at radius 2 is 1.92 bits per heavy atom. The largest absolute Gasteiger partial charge is 0.492 e. The highest BCUT2D eigenvalue weighted by Crippen LogP contribution is 2.37. The van der Waals surface area contributed by atoms with Gasteiger partial charge in [0.15, 0.2) is 0 Å². The fourth-order valence-corrected chi connectivity index (χ4v) is 2.87. The Kier molecular flexibility index (Phi) is 5.01. The molecule has 2 aromatic rings. The second-order valence-corrected chi connectivity index (χ2v) is 5.87. The number of benzene rings is 2. The third-order valence-corrected chi connectivity index (χ3v) is 4.10. The van der Waals surface area contributed by atoms with Crippen LogP contribution in [0, 0.1) is 0 Å². The van der Waals surface area contributed by atoms with E-state index in [-0.39, 0.29) is 24.4 Å². The summed E-state index contributed by atoms with van der Waals surface area (Å²) in [6.07, 6.45) is 0.658. The van der Waals surface area contributed by atoms with E-state index in [1.165, 1.54) is 0 Å². The molecule has 0 aromatic heterocycles. The van der Waals surface area contributed by atoms with Gasteiger partial charge in [-0.1, -0.05) is 41.9 Å². The van der Waals surface area contributed by atoms with Crippen molar-refractivity contribution in [2.45, 2.75) is 12.5 Å². The van der Waals surface area contributed by atoms with Crippen molar-refractivity contribution in [2.24, 2.45) is 0 Å². The molecule has 1 aliphatic heterocycles. The maximum absolute atomic E-state index is 12.1.